The van der Waals surface area contributed by atoms with Crippen LogP contribution in [0, 0.1) is 0 Å². The van der Waals surface area contributed by atoms with Gasteiger partial charge >= 0.3 is 0 Å². The molecule has 0 radical (unpaired) electrons. The maximum atomic E-state index is 11.5. The molecule has 7 heteroatoms. The standard InChI is InChI=1S/C10H22O5S2/c1-4-6-16(11,12)8-9-17(13,14)7-5-15-10(2)3/h10H,4-9H2,1-3H3. The van der Waals surface area contributed by atoms with Crippen molar-refractivity contribution in [3.63, 3.8) is 0 Å². The summed E-state index contributed by atoms with van der Waals surface area (Å²) in [7, 11) is -6.56. The van der Waals surface area contributed by atoms with Gasteiger partial charge in [0.2, 0.25) is 0 Å². The zero-order valence-electron chi connectivity index (χ0n) is 10.7. The number of sulfone groups is 2. The molecular formula is C10H22O5S2. The van der Waals surface area contributed by atoms with Crippen LogP contribution in [0.3, 0.4) is 0 Å². The van der Waals surface area contributed by atoms with E-state index in [-0.39, 0.29) is 35.7 Å². The first kappa shape index (κ1) is 16.9. The summed E-state index contributed by atoms with van der Waals surface area (Å²) < 4.78 is 50.9. The molecule has 0 saturated heterocycles. The third-order valence-corrected chi connectivity index (χ3v) is 5.80. The monoisotopic (exact) mass is 286 g/mol. The van der Waals surface area contributed by atoms with Crippen LogP contribution >= 0.6 is 0 Å². The molecule has 104 valence electrons. The maximum Gasteiger partial charge on any atom is 0.153 e. The first-order chi connectivity index (χ1) is 7.68. The topological polar surface area (TPSA) is 77.5 Å². The SMILES string of the molecule is CCCS(=O)(=O)CCS(=O)(=O)CCOC(C)C. The highest BCUT2D eigenvalue weighted by molar-refractivity contribution is 7.95. The minimum atomic E-state index is -3.33. The fraction of sp³-hybridized carbons (Fsp3) is 1.00. The largest absolute Gasteiger partial charge is 0.378 e. The highest BCUT2D eigenvalue weighted by Gasteiger charge is 2.17. The lowest BCUT2D eigenvalue weighted by molar-refractivity contribution is 0.0912. The van der Waals surface area contributed by atoms with Gasteiger partial charge in [-0.05, 0) is 20.3 Å². The van der Waals surface area contributed by atoms with Crippen molar-refractivity contribution in [2.75, 3.05) is 29.6 Å². The van der Waals surface area contributed by atoms with Crippen LogP contribution in [0.15, 0.2) is 0 Å². The van der Waals surface area contributed by atoms with Crippen LogP contribution in [0.2, 0.25) is 0 Å². The lowest BCUT2D eigenvalue weighted by atomic mass is 10.5. The average Bonchev–Trinajstić information content (AvgIpc) is 2.14. The number of hydrogen-bond donors (Lipinski definition) is 0. The molecule has 5 nitrogen and oxygen atoms in total. The molecule has 0 unspecified atom stereocenters. The van der Waals surface area contributed by atoms with Crippen molar-refractivity contribution in [3.8, 4) is 0 Å². The maximum absolute atomic E-state index is 11.5. The third kappa shape index (κ3) is 9.55. The Bertz CT molecular complexity index is 394. The lowest BCUT2D eigenvalue weighted by Gasteiger charge is -2.08. The van der Waals surface area contributed by atoms with Gasteiger partial charge in [0.05, 0.1) is 30.0 Å². The van der Waals surface area contributed by atoms with E-state index in [9.17, 15) is 16.8 Å². The molecular weight excluding hydrogens is 264 g/mol. The highest BCUT2D eigenvalue weighted by Crippen LogP contribution is 1.99. The second kappa shape index (κ2) is 7.33. The first-order valence-corrected chi connectivity index (χ1v) is 9.35. The molecule has 17 heavy (non-hydrogen) atoms. The van der Waals surface area contributed by atoms with E-state index in [0.717, 1.165) is 0 Å². The molecule has 0 aliphatic carbocycles. The van der Waals surface area contributed by atoms with Crippen molar-refractivity contribution in [2.24, 2.45) is 0 Å². The van der Waals surface area contributed by atoms with Crippen molar-refractivity contribution < 1.29 is 21.6 Å². The molecule has 0 aromatic carbocycles. The summed E-state index contributed by atoms with van der Waals surface area (Å²) >= 11 is 0. The third-order valence-electron chi connectivity index (χ3n) is 2.07. The minimum absolute atomic E-state index is 0.0194. The van der Waals surface area contributed by atoms with Gasteiger partial charge < -0.3 is 4.74 Å². The van der Waals surface area contributed by atoms with E-state index in [1.54, 1.807) is 6.92 Å². The molecule has 0 bridgehead atoms. The summed E-state index contributed by atoms with van der Waals surface area (Å²) in [6.07, 6.45) is 0.493. The predicted octanol–water partition coefficient (Wildman–Crippen LogP) is 0.651. The van der Waals surface area contributed by atoms with Gasteiger partial charge in [-0.2, -0.15) is 0 Å². The molecule has 0 N–H and O–H groups in total. The molecule has 0 aliphatic heterocycles. The Morgan fingerprint density at radius 3 is 1.76 bits per heavy atom. The van der Waals surface area contributed by atoms with Gasteiger partial charge in [0.15, 0.2) is 19.7 Å². The smallest absolute Gasteiger partial charge is 0.153 e. The first-order valence-electron chi connectivity index (χ1n) is 5.71. The van der Waals surface area contributed by atoms with Crippen LogP contribution in [0.4, 0.5) is 0 Å². The van der Waals surface area contributed by atoms with Gasteiger partial charge in [-0.1, -0.05) is 6.92 Å². The van der Waals surface area contributed by atoms with Gasteiger partial charge in [-0.3, -0.25) is 0 Å². The highest BCUT2D eigenvalue weighted by atomic mass is 32.2. The normalized spacial score (nSPS) is 13.2. The Morgan fingerprint density at radius 1 is 0.882 bits per heavy atom. The zero-order valence-corrected chi connectivity index (χ0v) is 12.3. The number of ether oxygens (including phenoxy) is 1. The van der Waals surface area contributed by atoms with Crippen molar-refractivity contribution in [1.29, 1.82) is 0 Å². The van der Waals surface area contributed by atoms with Crippen molar-refractivity contribution >= 4 is 19.7 Å². The van der Waals surface area contributed by atoms with Crippen molar-refractivity contribution in [2.45, 2.75) is 33.3 Å². The lowest BCUT2D eigenvalue weighted by Crippen LogP contribution is -2.23. The molecule has 0 aromatic heterocycles. The van der Waals surface area contributed by atoms with Gasteiger partial charge in [0, 0.05) is 5.75 Å². The van der Waals surface area contributed by atoms with Gasteiger partial charge in [0.25, 0.3) is 0 Å². The number of rotatable bonds is 9. The minimum Gasteiger partial charge on any atom is -0.378 e. The molecule has 0 saturated carbocycles. The van der Waals surface area contributed by atoms with Crippen LogP contribution in [0.25, 0.3) is 0 Å². The molecule has 0 atom stereocenters. The molecule has 0 heterocycles. The summed E-state index contributed by atoms with van der Waals surface area (Å²) in [5.41, 5.74) is 0. The van der Waals surface area contributed by atoms with Crippen LogP contribution in [0.1, 0.15) is 27.2 Å². The van der Waals surface area contributed by atoms with Crippen LogP contribution < -0.4 is 0 Å². The Labute approximate surface area is 104 Å². The van der Waals surface area contributed by atoms with E-state index in [4.69, 9.17) is 4.74 Å². The van der Waals surface area contributed by atoms with Crippen LogP contribution in [-0.2, 0) is 24.4 Å². The summed E-state index contributed by atoms with van der Waals surface area (Å²) in [6.45, 7) is 5.51. The van der Waals surface area contributed by atoms with E-state index in [2.05, 4.69) is 0 Å². The van der Waals surface area contributed by atoms with Crippen LogP contribution in [-0.4, -0.2) is 52.6 Å². The van der Waals surface area contributed by atoms with E-state index >= 15 is 0 Å². The molecule has 0 fully saturated rings. The molecule has 0 spiro atoms. The molecule has 0 rings (SSSR count). The number of hydrogen-bond acceptors (Lipinski definition) is 5. The second-order valence-electron chi connectivity index (χ2n) is 4.22. The second-order valence-corrected chi connectivity index (χ2v) is 8.83. The molecule has 0 aromatic rings. The summed E-state index contributed by atoms with van der Waals surface area (Å²) in [5.74, 6) is -0.667. The quantitative estimate of drug-likeness (QED) is 0.622. The van der Waals surface area contributed by atoms with Crippen molar-refractivity contribution in [3.05, 3.63) is 0 Å². The Hall–Kier alpha value is -0.140. The Kier molecular flexibility index (Phi) is 7.27. The summed E-state index contributed by atoms with van der Waals surface area (Å²) in [5, 5.41) is 0. The fourth-order valence-electron chi connectivity index (χ4n) is 1.18. The van der Waals surface area contributed by atoms with Gasteiger partial charge in [-0.25, -0.2) is 16.8 Å². The summed E-state index contributed by atoms with van der Waals surface area (Å²) in [6, 6.07) is 0. The van der Waals surface area contributed by atoms with E-state index in [1.165, 1.54) is 0 Å². The zero-order chi connectivity index (χ0) is 13.5. The van der Waals surface area contributed by atoms with E-state index in [0.29, 0.717) is 6.42 Å². The predicted molar refractivity (Wildman–Crippen MR) is 68.7 cm³/mol. The Morgan fingerprint density at radius 2 is 1.35 bits per heavy atom. The van der Waals surface area contributed by atoms with Gasteiger partial charge in [0.1, 0.15) is 0 Å². The van der Waals surface area contributed by atoms with Crippen LogP contribution in [0.5, 0.6) is 0 Å². The van der Waals surface area contributed by atoms with E-state index < -0.39 is 19.7 Å². The molecule has 0 aliphatic rings. The molecule has 0 amide bonds. The Balaban J connectivity index is 4.11. The fourth-order valence-corrected chi connectivity index (χ4v) is 4.59. The van der Waals surface area contributed by atoms with Crippen molar-refractivity contribution in [1.82, 2.24) is 0 Å². The van der Waals surface area contributed by atoms with Gasteiger partial charge in [-0.15, -0.1) is 0 Å². The average molecular weight is 286 g/mol. The summed E-state index contributed by atoms with van der Waals surface area (Å²) in [4.78, 5) is 0. The van der Waals surface area contributed by atoms with E-state index in [1.807, 2.05) is 13.8 Å².